The molecule has 0 radical (unpaired) electrons. The molecule has 0 aliphatic carbocycles. The molecule has 0 saturated carbocycles. The molecule has 6 heteroatoms. The lowest BCUT2D eigenvalue weighted by atomic mass is 10.3. The van der Waals surface area contributed by atoms with E-state index in [-0.39, 0.29) is 12.0 Å². The fourth-order valence-electron chi connectivity index (χ4n) is 1.94. The fraction of sp³-hybridized carbons (Fsp3) is 0.769. The molecule has 108 valence electrons. The molecule has 19 heavy (non-hydrogen) atoms. The standard InChI is InChI=1S/C13H24N4O2/c1-5-7-16(9-13(18)19-6-2)8-12-14-10-15-17(12)11(3)4/h10-11H,5-9H2,1-4H3. The van der Waals surface area contributed by atoms with E-state index >= 15 is 0 Å². The van der Waals surface area contributed by atoms with Crippen LogP contribution in [-0.4, -0.2) is 45.3 Å². The van der Waals surface area contributed by atoms with E-state index in [4.69, 9.17) is 4.74 Å². The van der Waals surface area contributed by atoms with Gasteiger partial charge in [-0.05, 0) is 33.7 Å². The van der Waals surface area contributed by atoms with Crippen LogP contribution in [0.2, 0.25) is 0 Å². The van der Waals surface area contributed by atoms with Gasteiger partial charge < -0.3 is 4.74 Å². The summed E-state index contributed by atoms with van der Waals surface area (Å²) in [6.07, 6.45) is 2.54. The minimum Gasteiger partial charge on any atom is -0.465 e. The van der Waals surface area contributed by atoms with Crippen LogP contribution in [0.5, 0.6) is 0 Å². The SMILES string of the molecule is CCCN(CC(=O)OCC)Cc1ncnn1C(C)C. The highest BCUT2D eigenvalue weighted by molar-refractivity contribution is 5.71. The summed E-state index contributed by atoms with van der Waals surface area (Å²) in [4.78, 5) is 17.9. The van der Waals surface area contributed by atoms with E-state index in [0.29, 0.717) is 19.7 Å². The van der Waals surface area contributed by atoms with Crippen LogP contribution in [0.3, 0.4) is 0 Å². The van der Waals surface area contributed by atoms with Crippen LogP contribution in [0.4, 0.5) is 0 Å². The highest BCUT2D eigenvalue weighted by atomic mass is 16.5. The second kappa shape index (κ2) is 7.89. The summed E-state index contributed by atoms with van der Waals surface area (Å²) in [6, 6.07) is 0.267. The third kappa shape index (κ3) is 4.98. The number of nitrogens with zero attached hydrogens (tertiary/aromatic N) is 4. The van der Waals surface area contributed by atoms with Gasteiger partial charge in [-0.1, -0.05) is 6.92 Å². The monoisotopic (exact) mass is 268 g/mol. The Labute approximate surface area is 114 Å². The predicted octanol–water partition coefficient (Wildman–Crippen LogP) is 1.63. The van der Waals surface area contributed by atoms with Crippen molar-refractivity contribution in [3.63, 3.8) is 0 Å². The van der Waals surface area contributed by atoms with E-state index in [1.807, 2.05) is 16.5 Å². The minimum atomic E-state index is -0.188. The van der Waals surface area contributed by atoms with Crippen LogP contribution in [-0.2, 0) is 16.1 Å². The van der Waals surface area contributed by atoms with Crippen molar-refractivity contribution in [1.29, 1.82) is 0 Å². The molecule has 1 rings (SSSR count). The van der Waals surface area contributed by atoms with Gasteiger partial charge in [0.05, 0.1) is 19.7 Å². The summed E-state index contributed by atoms with van der Waals surface area (Å²) in [5, 5.41) is 4.21. The van der Waals surface area contributed by atoms with Gasteiger partial charge in [-0.15, -0.1) is 0 Å². The Balaban J connectivity index is 2.66. The van der Waals surface area contributed by atoms with Crippen LogP contribution in [0.15, 0.2) is 6.33 Å². The van der Waals surface area contributed by atoms with Gasteiger partial charge in [-0.2, -0.15) is 5.10 Å². The average molecular weight is 268 g/mol. The minimum absolute atomic E-state index is 0.188. The highest BCUT2D eigenvalue weighted by Crippen LogP contribution is 2.08. The maximum atomic E-state index is 11.6. The first kappa shape index (κ1) is 15.6. The molecule has 0 amide bonds. The van der Waals surface area contributed by atoms with E-state index < -0.39 is 0 Å². The lowest BCUT2D eigenvalue weighted by Gasteiger charge is -2.21. The topological polar surface area (TPSA) is 60.3 Å². The number of hydrogen-bond acceptors (Lipinski definition) is 5. The lowest BCUT2D eigenvalue weighted by molar-refractivity contribution is -0.144. The number of ether oxygens (including phenoxy) is 1. The highest BCUT2D eigenvalue weighted by Gasteiger charge is 2.15. The van der Waals surface area contributed by atoms with Gasteiger partial charge in [0.25, 0.3) is 0 Å². The molecule has 1 aromatic rings. The smallest absolute Gasteiger partial charge is 0.320 e. The largest absolute Gasteiger partial charge is 0.465 e. The first-order valence-electron chi connectivity index (χ1n) is 6.84. The number of hydrogen-bond donors (Lipinski definition) is 0. The van der Waals surface area contributed by atoms with E-state index in [9.17, 15) is 4.79 Å². The van der Waals surface area contributed by atoms with Crippen molar-refractivity contribution in [1.82, 2.24) is 19.7 Å². The second-order valence-electron chi connectivity index (χ2n) is 4.73. The first-order chi connectivity index (χ1) is 9.08. The van der Waals surface area contributed by atoms with Crippen LogP contribution in [0.1, 0.15) is 46.0 Å². The number of carbonyl (C=O) groups is 1. The molecule has 0 unspecified atom stereocenters. The Morgan fingerprint density at radius 1 is 1.47 bits per heavy atom. The summed E-state index contributed by atoms with van der Waals surface area (Å²) < 4.78 is 6.87. The first-order valence-corrected chi connectivity index (χ1v) is 6.84. The molecule has 0 spiro atoms. The molecular formula is C13H24N4O2. The second-order valence-corrected chi connectivity index (χ2v) is 4.73. The van der Waals surface area contributed by atoms with Crippen molar-refractivity contribution in [2.24, 2.45) is 0 Å². The van der Waals surface area contributed by atoms with E-state index in [2.05, 4.69) is 30.9 Å². The average Bonchev–Trinajstić information content (AvgIpc) is 2.77. The Morgan fingerprint density at radius 2 is 2.21 bits per heavy atom. The van der Waals surface area contributed by atoms with E-state index in [0.717, 1.165) is 18.8 Å². The molecule has 1 heterocycles. The molecule has 0 N–H and O–H groups in total. The van der Waals surface area contributed by atoms with Crippen molar-refractivity contribution < 1.29 is 9.53 Å². The molecule has 0 aliphatic rings. The van der Waals surface area contributed by atoms with Gasteiger partial charge in [-0.25, -0.2) is 9.67 Å². The zero-order valence-corrected chi connectivity index (χ0v) is 12.3. The van der Waals surface area contributed by atoms with Crippen LogP contribution in [0, 0.1) is 0 Å². The van der Waals surface area contributed by atoms with E-state index in [1.165, 1.54) is 0 Å². The summed E-state index contributed by atoms with van der Waals surface area (Å²) in [7, 11) is 0. The van der Waals surface area contributed by atoms with E-state index in [1.54, 1.807) is 6.33 Å². The molecule has 0 saturated heterocycles. The third-order valence-corrected chi connectivity index (χ3v) is 2.70. The van der Waals surface area contributed by atoms with Crippen LogP contribution < -0.4 is 0 Å². The molecule has 0 atom stereocenters. The molecule has 0 bridgehead atoms. The number of aromatic nitrogens is 3. The van der Waals surface area contributed by atoms with Crippen molar-refractivity contribution in [3.8, 4) is 0 Å². The van der Waals surface area contributed by atoms with Crippen molar-refractivity contribution in [2.75, 3.05) is 19.7 Å². The lowest BCUT2D eigenvalue weighted by Crippen LogP contribution is -2.32. The van der Waals surface area contributed by atoms with Crippen molar-refractivity contribution >= 4 is 5.97 Å². The van der Waals surface area contributed by atoms with Crippen LogP contribution >= 0.6 is 0 Å². The molecule has 1 aromatic heterocycles. The van der Waals surface area contributed by atoms with Gasteiger partial charge >= 0.3 is 5.97 Å². The quantitative estimate of drug-likeness (QED) is 0.671. The Kier molecular flexibility index (Phi) is 6.49. The maximum absolute atomic E-state index is 11.6. The number of esters is 1. The normalized spacial score (nSPS) is 11.3. The van der Waals surface area contributed by atoms with Crippen molar-refractivity contribution in [3.05, 3.63) is 12.2 Å². The van der Waals surface area contributed by atoms with Gasteiger partial charge in [-0.3, -0.25) is 9.69 Å². The van der Waals surface area contributed by atoms with Crippen molar-refractivity contribution in [2.45, 2.75) is 46.7 Å². The Hall–Kier alpha value is -1.43. The molecule has 6 nitrogen and oxygen atoms in total. The van der Waals surface area contributed by atoms with Gasteiger partial charge in [0, 0.05) is 6.04 Å². The molecule has 0 aromatic carbocycles. The summed E-state index contributed by atoms with van der Waals surface area (Å²) in [5.41, 5.74) is 0. The third-order valence-electron chi connectivity index (χ3n) is 2.70. The Morgan fingerprint density at radius 3 is 2.79 bits per heavy atom. The molecular weight excluding hydrogens is 244 g/mol. The summed E-state index contributed by atoms with van der Waals surface area (Å²) >= 11 is 0. The van der Waals surface area contributed by atoms with Gasteiger partial charge in [0.2, 0.25) is 0 Å². The zero-order chi connectivity index (χ0) is 14.3. The zero-order valence-electron chi connectivity index (χ0n) is 12.3. The summed E-state index contributed by atoms with van der Waals surface area (Å²) in [5.74, 6) is 0.694. The number of carbonyl (C=O) groups excluding carboxylic acids is 1. The van der Waals surface area contributed by atoms with Gasteiger partial charge in [0.15, 0.2) is 0 Å². The van der Waals surface area contributed by atoms with Gasteiger partial charge in [0.1, 0.15) is 12.2 Å². The molecule has 0 aliphatic heterocycles. The maximum Gasteiger partial charge on any atom is 0.320 e. The van der Waals surface area contributed by atoms with Crippen LogP contribution in [0.25, 0.3) is 0 Å². The Bertz CT molecular complexity index is 390. The summed E-state index contributed by atoms with van der Waals surface area (Å²) in [6.45, 7) is 10.2. The fourth-order valence-corrected chi connectivity index (χ4v) is 1.94. The molecule has 0 fully saturated rings. The number of rotatable bonds is 8. The predicted molar refractivity (Wildman–Crippen MR) is 72.6 cm³/mol.